The van der Waals surface area contributed by atoms with Gasteiger partial charge in [0.1, 0.15) is 0 Å². The Kier molecular flexibility index (Phi) is 5.94. The van der Waals surface area contributed by atoms with Crippen molar-refractivity contribution in [2.75, 3.05) is 52.5 Å². The smallest absolute Gasteiger partial charge is 0.320 e. The molecule has 3 amide bonds. The lowest BCUT2D eigenvalue weighted by Crippen LogP contribution is -2.50. The fraction of sp³-hybridized carbons (Fsp3) is 0.882. The number of carbonyl (C=O) groups is 2. The zero-order valence-corrected chi connectivity index (χ0v) is 14.7. The zero-order chi connectivity index (χ0) is 16.9. The Bertz CT molecular complexity index is 445. The van der Waals surface area contributed by atoms with E-state index in [2.05, 4.69) is 10.2 Å². The van der Waals surface area contributed by atoms with Crippen LogP contribution in [-0.4, -0.2) is 91.2 Å². The van der Waals surface area contributed by atoms with Crippen LogP contribution in [0.25, 0.3) is 0 Å². The van der Waals surface area contributed by atoms with Gasteiger partial charge in [0.25, 0.3) is 0 Å². The molecule has 0 aliphatic carbocycles. The molecule has 0 aromatic heterocycles. The average molecular weight is 338 g/mol. The van der Waals surface area contributed by atoms with Crippen molar-refractivity contribution in [3.63, 3.8) is 0 Å². The van der Waals surface area contributed by atoms with Crippen molar-refractivity contribution >= 4 is 11.9 Å². The molecule has 3 heterocycles. The van der Waals surface area contributed by atoms with Crippen LogP contribution in [0.15, 0.2) is 0 Å². The van der Waals surface area contributed by atoms with Crippen molar-refractivity contribution in [1.82, 2.24) is 20.0 Å². The van der Waals surface area contributed by atoms with E-state index in [0.717, 1.165) is 71.6 Å². The van der Waals surface area contributed by atoms with Crippen LogP contribution in [0.3, 0.4) is 0 Å². The molecule has 0 saturated carbocycles. The molecule has 0 bridgehead atoms. The molecule has 0 unspecified atom stereocenters. The molecule has 0 atom stereocenters. The fourth-order valence-corrected chi connectivity index (χ4v) is 3.94. The van der Waals surface area contributed by atoms with E-state index < -0.39 is 0 Å². The quantitative estimate of drug-likeness (QED) is 0.793. The molecule has 3 saturated heterocycles. The number of likely N-dealkylation sites (tertiary alicyclic amines) is 1. The summed E-state index contributed by atoms with van der Waals surface area (Å²) < 4.78 is 5.32. The first-order valence-corrected chi connectivity index (χ1v) is 9.32. The maximum Gasteiger partial charge on any atom is 0.320 e. The summed E-state index contributed by atoms with van der Waals surface area (Å²) in [6.07, 6.45) is 3.76. The lowest BCUT2D eigenvalue weighted by atomic mass is 10.0. The molecular weight excluding hydrogens is 308 g/mol. The number of nitrogens with one attached hydrogen (secondary N) is 1. The van der Waals surface area contributed by atoms with Crippen molar-refractivity contribution < 1.29 is 14.3 Å². The molecular formula is C17H30N4O3. The minimum absolute atomic E-state index is 0.120. The van der Waals surface area contributed by atoms with Crippen molar-refractivity contribution in [1.29, 1.82) is 0 Å². The summed E-state index contributed by atoms with van der Waals surface area (Å²) in [6.45, 7) is 8.26. The minimum Gasteiger partial charge on any atom is -0.381 e. The largest absolute Gasteiger partial charge is 0.381 e. The topological polar surface area (TPSA) is 65.1 Å². The number of nitrogens with zero attached hydrogens (tertiary/aromatic N) is 3. The van der Waals surface area contributed by atoms with Gasteiger partial charge in [-0.2, -0.15) is 0 Å². The van der Waals surface area contributed by atoms with Crippen molar-refractivity contribution in [2.45, 2.75) is 44.7 Å². The third-order valence-electron chi connectivity index (χ3n) is 5.46. The summed E-state index contributed by atoms with van der Waals surface area (Å²) in [7, 11) is 0. The van der Waals surface area contributed by atoms with Gasteiger partial charge in [0.2, 0.25) is 5.91 Å². The van der Waals surface area contributed by atoms with Crippen molar-refractivity contribution in [3.8, 4) is 0 Å². The van der Waals surface area contributed by atoms with E-state index in [0.29, 0.717) is 12.6 Å². The van der Waals surface area contributed by atoms with Gasteiger partial charge in [-0.05, 0) is 32.6 Å². The average Bonchev–Trinajstić information content (AvgIpc) is 2.97. The van der Waals surface area contributed by atoms with Gasteiger partial charge < -0.3 is 19.9 Å². The van der Waals surface area contributed by atoms with Crippen LogP contribution in [0.4, 0.5) is 4.79 Å². The number of ether oxygens (including phenoxy) is 1. The number of likely N-dealkylation sites (N-methyl/N-ethyl adjacent to an activating group) is 1. The standard InChI is InChI=1S/C17H30N4O3/c1-2-20-9-10-21(17(20)23)15-3-7-19(8-4-15)13-16(22)18-14-5-11-24-12-6-14/h14-15H,2-13H2,1H3,(H,18,22). The highest BCUT2D eigenvalue weighted by molar-refractivity contribution is 5.78. The summed E-state index contributed by atoms with van der Waals surface area (Å²) in [5, 5.41) is 3.12. The predicted octanol–water partition coefficient (Wildman–Crippen LogP) is 0.504. The van der Waals surface area contributed by atoms with E-state index in [-0.39, 0.29) is 18.0 Å². The normalized spacial score (nSPS) is 24.6. The van der Waals surface area contributed by atoms with Gasteiger partial charge in [-0.1, -0.05) is 0 Å². The Morgan fingerprint density at radius 2 is 1.83 bits per heavy atom. The van der Waals surface area contributed by atoms with E-state index in [1.807, 2.05) is 16.7 Å². The van der Waals surface area contributed by atoms with Crippen LogP contribution in [0.5, 0.6) is 0 Å². The van der Waals surface area contributed by atoms with E-state index in [9.17, 15) is 9.59 Å². The highest BCUT2D eigenvalue weighted by Crippen LogP contribution is 2.21. The second kappa shape index (κ2) is 8.16. The van der Waals surface area contributed by atoms with Crippen LogP contribution < -0.4 is 5.32 Å². The van der Waals surface area contributed by atoms with Crippen molar-refractivity contribution in [3.05, 3.63) is 0 Å². The van der Waals surface area contributed by atoms with Crippen molar-refractivity contribution in [2.24, 2.45) is 0 Å². The van der Waals surface area contributed by atoms with Gasteiger partial charge in [0.05, 0.1) is 6.54 Å². The lowest BCUT2D eigenvalue weighted by molar-refractivity contribution is -0.123. The Hall–Kier alpha value is -1.34. The third-order valence-corrected chi connectivity index (χ3v) is 5.46. The molecule has 0 radical (unpaired) electrons. The molecule has 7 nitrogen and oxygen atoms in total. The maximum atomic E-state index is 12.3. The molecule has 1 N–H and O–H groups in total. The number of hydrogen-bond donors (Lipinski definition) is 1. The van der Waals surface area contributed by atoms with E-state index >= 15 is 0 Å². The first-order chi connectivity index (χ1) is 11.7. The van der Waals surface area contributed by atoms with E-state index in [1.54, 1.807) is 0 Å². The summed E-state index contributed by atoms with van der Waals surface area (Å²) in [5.74, 6) is 0.120. The van der Waals surface area contributed by atoms with Gasteiger partial charge in [-0.3, -0.25) is 9.69 Å². The first kappa shape index (κ1) is 17.5. The number of carbonyl (C=O) groups excluding carboxylic acids is 2. The Balaban J connectivity index is 1.39. The summed E-state index contributed by atoms with van der Waals surface area (Å²) in [4.78, 5) is 30.6. The highest BCUT2D eigenvalue weighted by Gasteiger charge is 2.34. The maximum absolute atomic E-state index is 12.3. The summed E-state index contributed by atoms with van der Waals surface area (Å²) >= 11 is 0. The molecule has 3 rings (SSSR count). The van der Waals surface area contributed by atoms with Crippen LogP contribution in [0.2, 0.25) is 0 Å². The first-order valence-electron chi connectivity index (χ1n) is 9.32. The molecule has 3 fully saturated rings. The Morgan fingerprint density at radius 3 is 2.46 bits per heavy atom. The van der Waals surface area contributed by atoms with Gasteiger partial charge in [-0.15, -0.1) is 0 Å². The second-order valence-electron chi connectivity index (χ2n) is 7.02. The van der Waals surface area contributed by atoms with Gasteiger partial charge in [-0.25, -0.2) is 4.79 Å². The highest BCUT2D eigenvalue weighted by atomic mass is 16.5. The molecule has 0 spiro atoms. The second-order valence-corrected chi connectivity index (χ2v) is 7.02. The molecule has 136 valence electrons. The number of urea groups is 1. The van der Waals surface area contributed by atoms with E-state index in [4.69, 9.17) is 4.74 Å². The Labute approximate surface area is 144 Å². The number of piperidine rings is 1. The summed E-state index contributed by atoms with van der Waals surface area (Å²) in [5.41, 5.74) is 0. The van der Waals surface area contributed by atoms with Crippen LogP contribution in [0.1, 0.15) is 32.6 Å². The molecule has 0 aromatic rings. The predicted molar refractivity (Wildman–Crippen MR) is 90.8 cm³/mol. The lowest BCUT2D eigenvalue weighted by Gasteiger charge is -2.36. The summed E-state index contributed by atoms with van der Waals surface area (Å²) in [6, 6.07) is 0.795. The molecule has 0 aromatic carbocycles. The molecule has 3 aliphatic rings. The number of rotatable bonds is 5. The van der Waals surface area contributed by atoms with Crippen LogP contribution in [-0.2, 0) is 9.53 Å². The molecule has 24 heavy (non-hydrogen) atoms. The van der Waals surface area contributed by atoms with Gasteiger partial charge in [0, 0.05) is 58.0 Å². The van der Waals surface area contributed by atoms with E-state index in [1.165, 1.54) is 0 Å². The number of amides is 3. The molecule has 3 aliphatic heterocycles. The van der Waals surface area contributed by atoms with Crippen LogP contribution in [0, 0.1) is 0 Å². The van der Waals surface area contributed by atoms with Gasteiger partial charge >= 0.3 is 6.03 Å². The Morgan fingerprint density at radius 1 is 1.12 bits per heavy atom. The molecule has 7 heteroatoms. The fourth-order valence-electron chi connectivity index (χ4n) is 3.94. The van der Waals surface area contributed by atoms with Gasteiger partial charge in [0.15, 0.2) is 0 Å². The minimum atomic E-state index is 0.120. The third kappa shape index (κ3) is 4.19. The van der Waals surface area contributed by atoms with Crippen LogP contribution >= 0.6 is 0 Å². The zero-order valence-electron chi connectivity index (χ0n) is 14.7. The number of hydrogen-bond acceptors (Lipinski definition) is 4. The monoisotopic (exact) mass is 338 g/mol. The SMILES string of the molecule is CCN1CCN(C2CCN(CC(=O)NC3CCOCC3)CC2)C1=O.